The molecule has 4 rings (SSSR count). The van der Waals surface area contributed by atoms with Crippen LogP contribution in [0, 0.1) is 5.82 Å². The van der Waals surface area contributed by atoms with Crippen molar-refractivity contribution in [1.82, 2.24) is 20.0 Å². The van der Waals surface area contributed by atoms with Gasteiger partial charge in [-0.2, -0.15) is 5.10 Å². The largest absolute Gasteiger partial charge is 0.376 e. The topological polar surface area (TPSA) is 106 Å². The number of aryl methyl sites for hydroxylation is 1. The third kappa shape index (κ3) is 5.57. The van der Waals surface area contributed by atoms with Crippen LogP contribution in [0.2, 0.25) is 0 Å². The number of carbonyl (C=O) groups excluding carboxylic acids is 3. The van der Waals surface area contributed by atoms with E-state index in [1.54, 1.807) is 22.7 Å². The van der Waals surface area contributed by atoms with Crippen molar-refractivity contribution in [3.63, 3.8) is 0 Å². The summed E-state index contributed by atoms with van der Waals surface area (Å²) in [5, 5.41) is 9.83. The van der Waals surface area contributed by atoms with Gasteiger partial charge in [0.1, 0.15) is 5.82 Å². The standard InChI is InChI=1S/C23H28FN5O4/c1-28-19-9-10-29(21(31)8-7-20(30)25-13-17-6-3-11-33-17)14-18(19)22(27-28)23(32)26-16-5-2-4-15(24)12-16/h2,4-5,12,17H,3,6-11,13-14H2,1H3,(H,25,30)(H,26,32). The van der Waals surface area contributed by atoms with Gasteiger partial charge in [-0.1, -0.05) is 6.07 Å². The normalized spacial score (nSPS) is 17.5. The van der Waals surface area contributed by atoms with Crippen LogP contribution in [0.15, 0.2) is 24.3 Å². The number of amides is 3. The zero-order valence-corrected chi connectivity index (χ0v) is 18.6. The number of benzene rings is 1. The van der Waals surface area contributed by atoms with Gasteiger partial charge in [0.25, 0.3) is 5.91 Å². The van der Waals surface area contributed by atoms with Crippen LogP contribution in [-0.4, -0.2) is 58.2 Å². The van der Waals surface area contributed by atoms with Crippen molar-refractivity contribution in [1.29, 1.82) is 0 Å². The van der Waals surface area contributed by atoms with Crippen molar-refractivity contribution in [2.24, 2.45) is 7.05 Å². The summed E-state index contributed by atoms with van der Waals surface area (Å²) in [6.45, 7) is 1.94. The third-order valence-corrected chi connectivity index (χ3v) is 6.01. The fourth-order valence-electron chi connectivity index (χ4n) is 4.24. The molecule has 1 aromatic carbocycles. The number of hydrogen-bond donors (Lipinski definition) is 2. The van der Waals surface area contributed by atoms with Gasteiger partial charge in [-0.05, 0) is 31.0 Å². The van der Waals surface area contributed by atoms with Crippen molar-refractivity contribution in [2.45, 2.75) is 44.8 Å². The van der Waals surface area contributed by atoms with Crippen molar-refractivity contribution >= 4 is 23.4 Å². The van der Waals surface area contributed by atoms with Crippen LogP contribution in [0.4, 0.5) is 10.1 Å². The van der Waals surface area contributed by atoms with E-state index in [-0.39, 0.29) is 43.0 Å². The summed E-state index contributed by atoms with van der Waals surface area (Å²) in [5.41, 5.74) is 2.10. The van der Waals surface area contributed by atoms with Gasteiger partial charge in [-0.3, -0.25) is 19.1 Å². The second-order valence-electron chi connectivity index (χ2n) is 8.37. The molecule has 1 unspecified atom stereocenters. The van der Waals surface area contributed by atoms with Gasteiger partial charge < -0.3 is 20.3 Å². The Hall–Kier alpha value is -3.27. The fraction of sp³-hybridized carbons (Fsp3) is 0.478. The second-order valence-corrected chi connectivity index (χ2v) is 8.37. The minimum atomic E-state index is -0.458. The number of rotatable bonds is 7. The molecule has 1 atom stereocenters. The first-order valence-corrected chi connectivity index (χ1v) is 11.2. The summed E-state index contributed by atoms with van der Waals surface area (Å²) in [7, 11) is 1.76. The fourth-order valence-corrected chi connectivity index (χ4v) is 4.24. The number of hydrogen-bond acceptors (Lipinski definition) is 5. The molecule has 3 amide bonds. The molecule has 0 saturated carbocycles. The van der Waals surface area contributed by atoms with Gasteiger partial charge in [0.2, 0.25) is 11.8 Å². The Morgan fingerprint density at radius 1 is 1.27 bits per heavy atom. The highest BCUT2D eigenvalue weighted by Crippen LogP contribution is 2.24. The van der Waals surface area contributed by atoms with Crippen LogP contribution >= 0.6 is 0 Å². The van der Waals surface area contributed by atoms with E-state index in [1.165, 1.54) is 18.2 Å². The number of aromatic nitrogens is 2. The SMILES string of the molecule is Cn1nc(C(=O)Nc2cccc(F)c2)c2c1CCN(C(=O)CCC(=O)NCC1CCCO1)C2. The van der Waals surface area contributed by atoms with Crippen LogP contribution in [0.5, 0.6) is 0 Å². The van der Waals surface area contributed by atoms with Crippen molar-refractivity contribution < 1.29 is 23.5 Å². The maximum atomic E-state index is 13.4. The van der Waals surface area contributed by atoms with Gasteiger partial charge >= 0.3 is 0 Å². The number of nitrogens with zero attached hydrogens (tertiary/aromatic N) is 3. The highest BCUT2D eigenvalue weighted by Gasteiger charge is 2.29. The molecule has 1 saturated heterocycles. The van der Waals surface area contributed by atoms with Crippen LogP contribution in [0.1, 0.15) is 47.4 Å². The molecule has 0 spiro atoms. The molecular formula is C23H28FN5O4. The lowest BCUT2D eigenvalue weighted by molar-refractivity contribution is -0.134. The molecule has 9 nitrogen and oxygen atoms in total. The number of ether oxygens (including phenoxy) is 1. The lowest BCUT2D eigenvalue weighted by Crippen LogP contribution is -2.38. The highest BCUT2D eigenvalue weighted by atomic mass is 19.1. The van der Waals surface area contributed by atoms with Gasteiger partial charge in [-0.15, -0.1) is 0 Å². The lowest BCUT2D eigenvalue weighted by Gasteiger charge is -2.27. The first-order valence-electron chi connectivity index (χ1n) is 11.2. The molecule has 176 valence electrons. The molecule has 2 aliphatic rings. The number of carbonyl (C=O) groups is 3. The Balaban J connectivity index is 1.34. The molecule has 0 radical (unpaired) electrons. The molecule has 2 aromatic rings. The van der Waals surface area contributed by atoms with Crippen molar-refractivity contribution in [3.05, 3.63) is 47.0 Å². The Morgan fingerprint density at radius 3 is 2.88 bits per heavy atom. The number of nitrogens with one attached hydrogen (secondary N) is 2. The monoisotopic (exact) mass is 457 g/mol. The molecule has 3 heterocycles. The zero-order chi connectivity index (χ0) is 23.4. The number of fused-ring (bicyclic) bond motifs is 1. The minimum Gasteiger partial charge on any atom is -0.376 e. The third-order valence-electron chi connectivity index (χ3n) is 6.01. The van der Waals surface area contributed by atoms with E-state index >= 15 is 0 Å². The molecule has 10 heteroatoms. The van der Waals surface area contributed by atoms with E-state index in [4.69, 9.17) is 4.74 Å². The smallest absolute Gasteiger partial charge is 0.276 e. The number of anilines is 1. The first kappa shape index (κ1) is 22.9. The Bertz CT molecular complexity index is 1050. The summed E-state index contributed by atoms with van der Waals surface area (Å²) in [5.74, 6) is -1.23. The summed E-state index contributed by atoms with van der Waals surface area (Å²) in [4.78, 5) is 39.3. The van der Waals surface area contributed by atoms with E-state index < -0.39 is 11.7 Å². The molecular weight excluding hydrogens is 429 g/mol. The molecule has 0 aliphatic carbocycles. The van der Waals surface area contributed by atoms with Gasteiger partial charge in [-0.25, -0.2) is 4.39 Å². The van der Waals surface area contributed by atoms with E-state index in [9.17, 15) is 18.8 Å². The zero-order valence-electron chi connectivity index (χ0n) is 18.6. The van der Waals surface area contributed by atoms with Crippen molar-refractivity contribution in [2.75, 3.05) is 25.0 Å². The molecule has 1 fully saturated rings. The van der Waals surface area contributed by atoms with Gasteiger partial charge in [0.05, 0.1) is 6.10 Å². The highest BCUT2D eigenvalue weighted by molar-refractivity contribution is 6.04. The predicted octanol–water partition coefficient (Wildman–Crippen LogP) is 1.77. The van der Waals surface area contributed by atoms with Crippen LogP contribution < -0.4 is 10.6 Å². The van der Waals surface area contributed by atoms with Crippen LogP contribution in [0.3, 0.4) is 0 Å². The Labute approximate surface area is 191 Å². The van der Waals surface area contributed by atoms with Gasteiger partial charge in [0.15, 0.2) is 5.69 Å². The molecule has 0 bridgehead atoms. The lowest BCUT2D eigenvalue weighted by atomic mass is 10.0. The summed E-state index contributed by atoms with van der Waals surface area (Å²) in [6.07, 6.45) is 2.77. The minimum absolute atomic E-state index is 0.0627. The summed E-state index contributed by atoms with van der Waals surface area (Å²) >= 11 is 0. The van der Waals surface area contributed by atoms with E-state index in [0.717, 1.165) is 25.1 Å². The Kier molecular flexibility index (Phi) is 7.02. The summed E-state index contributed by atoms with van der Waals surface area (Å²) in [6, 6.07) is 5.63. The van der Waals surface area contributed by atoms with Gasteiger partial charge in [0, 0.05) is 69.5 Å². The quantitative estimate of drug-likeness (QED) is 0.659. The Morgan fingerprint density at radius 2 is 2.12 bits per heavy atom. The van der Waals surface area contributed by atoms with Crippen LogP contribution in [-0.2, 0) is 34.3 Å². The van der Waals surface area contributed by atoms with Crippen LogP contribution in [0.25, 0.3) is 0 Å². The predicted molar refractivity (Wildman–Crippen MR) is 118 cm³/mol. The number of halogens is 1. The first-order chi connectivity index (χ1) is 15.9. The maximum Gasteiger partial charge on any atom is 0.276 e. The van der Waals surface area contributed by atoms with E-state index in [0.29, 0.717) is 30.8 Å². The molecule has 2 aliphatic heterocycles. The van der Waals surface area contributed by atoms with E-state index in [1.807, 2.05) is 0 Å². The average Bonchev–Trinajstić information content (AvgIpc) is 3.44. The maximum absolute atomic E-state index is 13.4. The second kappa shape index (κ2) is 10.1. The summed E-state index contributed by atoms with van der Waals surface area (Å²) < 4.78 is 20.6. The average molecular weight is 458 g/mol. The molecule has 33 heavy (non-hydrogen) atoms. The molecule has 1 aromatic heterocycles. The van der Waals surface area contributed by atoms with E-state index in [2.05, 4.69) is 15.7 Å². The molecule has 2 N–H and O–H groups in total. The van der Waals surface area contributed by atoms with Crippen molar-refractivity contribution in [3.8, 4) is 0 Å².